The van der Waals surface area contributed by atoms with E-state index in [0.717, 1.165) is 0 Å². The molecule has 1 heterocycles. The first kappa shape index (κ1) is 18.5. The van der Waals surface area contributed by atoms with Gasteiger partial charge >= 0.3 is 0 Å². The number of aryl methyl sites for hydroxylation is 1. The summed E-state index contributed by atoms with van der Waals surface area (Å²) in [7, 11) is 0. The lowest BCUT2D eigenvalue weighted by molar-refractivity contribution is -0.512. The summed E-state index contributed by atoms with van der Waals surface area (Å²) >= 11 is 0. The van der Waals surface area contributed by atoms with Crippen LogP contribution in [0, 0.1) is 12.3 Å². The van der Waals surface area contributed by atoms with Gasteiger partial charge in [-0.15, -0.1) is 0 Å². The molecule has 0 N–H and O–H groups in total. The molecule has 0 radical (unpaired) electrons. The molecule has 1 aromatic carbocycles. The fourth-order valence-electron chi connectivity index (χ4n) is 4.85. The first-order chi connectivity index (χ1) is 10.3. The zero-order valence-electron chi connectivity index (χ0n) is 15.5. The maximum Gasteiger partial charge on any atom is 0.211 e. The van der Waals surface area contributed by atoms with Crippen LogP contribution in [0.25, 0.3) is 0 Å². The molecule has 0 saturated heterocycles. The van der Waals surface area contributed by atoms with Crippen LogP contribution in [0.4, 0.5) is 5.69 Å². The number of halogens is 1. The second kappa shape index (κ2) is 6.59. The largest absolute Gasteiger partial charge is 1.00 e. The fourth-order valence-corrected chi connectivity index (χ4v) is 4.85. The Morgan fingerprint density at radius 3 is 2.30 bits per heavy atom. The number of hydrogen-bond donors (Lipinski definition) is 0. The van der Waals surface area contributed by atoms with Gasteiger partial charge in [-0.05, 0) is 25.7 Å². The van der Waals surface area contributed by atoms with Gasteiger partial charge in [-0.1, -0.05) is 51.3 Å². The second-order valence-corrected chi connectivity index (χ2v) is 8.58. The standard InChI is InChI=1S/C21H32N.ClH/c1-16(2)18-11-9-10-17(3)19(18)22-15-21(14-20(22,4)5)12-7-6-8-13-21;/h9-11,15-16H,6-8,12-14H2,1-5H3;1H/q+1;/p-1. The molecule has 0 bridgehead atoms. The van der Waals surface area contributed by atoms with E-state index in [9.17, 15) is 0 Å². The van der Waals surface area contributed by atoms with Crippen LogP contribution in [0.1, 0.15) is 83.3 Å². The van der Waals surface area contributed by atoms with Gasteiger partial charge in [0.05, 0.1) is 5.41 Å². The third kappa shape index (κ3) is 3.36. The monoisotopic (exact) mass is 333 g/mol. The predicted octanol–water partition coefficient (Wildman–Crippen LogP) is 2.97. The van der Waals surface area contributed by atoms with E-state index in [1.165, 1.54) is 55.3 Å². The van der Waals surface area contributed by atoms with Crippen LogP contribution in [0.2, 0.25) is 0 Å². The molecule has 128 valence electrons. The average molecular weight is 334 g/mol. The highest BCUT2D eigenvalue weighted by molar-refractivity contribution is 5.67. The summed E-state index contributed by atoms with van der Waals surface area (Å²) in [4.78, 5) is 0. The van der Waals surface area contributed by atoms with Crippen LogP contribution >= 0.6 is 0 Å². The molecule has 1 aliphatic carbocycles. The first-order valence-electron chi connectivity index (χ1n) is 9.10. The van der Waals surface area contributed by atoms with Gasteiger partial charge in [0.2, 0.25) is 5.69 Å². The van der Waals surface area contributed by atoms with Gasteiger partial charge in [-0.3, -0.25) is 0 Å². The zero-order valence-corrected chi connectivity index (χ0v) is 16.2. The highest BCUT2D eigenvalue weighted by Gasteiger charge is 2.51. The molecule has 1 spiro atoms. The Labute approximate surface area is 148 Å². The molecular weight excluding hydrogens is 302 g/mol. The van der Waals surface area contributed by atoms with Crippen LogP contribution in [-0.2, 0) is 0 Å². The highest BCUT2D eigenvalue weighted by atomic mass is 35.5. The van der Waals surface area contributed by atoms with E-state index in [2.05, 4.69) is 63.6 Å². The molecule has 2 heteroatoms. The summed E-state index contributed by atoms with van der Waals surface area (Å²) in [6.07, 6.45) is 11.0. The van der Waals surface area contributed by atoms with E-state index in [1.54, 1.807) is 0 Å². The van der Waals surface area contributed by atoms with Crippen LogP contribution in [0.15, 0.2) is 18.2 Å². The van der Waals surface area contributed by atoms with Crippen LogP contribution in [0.3, 0.4) is 0 Å². The third-order valence-corrected chi connectivity index (χ3v) is 5.82. The van der Waals surface area contributed by atoms with Gasteiger partial charge in [0, 0.05) is 31.4 Å². The molecule has 0 unspecified atom stereocenters. The van der Waals surface area contributed by atoms with Gasteiger partial charge in [-0.2, -0.15) is 4.58 Å². The molecule has 0 amide bonds. The van der Waals surface area contributed by atoms with Crippen LogP contribution < -0.4 is 12.4 Å². The van der Waals surface area contributed by atoms with Crippen molar-refractivity contribution in [2.45, 2.75) is 84.6 Å². The lowest BCUT2D eigenvalue weighted by Gasteiger charge is -2.29. The van der Waals surface area contributed by atoms with Gasteiger partial charge < -0.3 is 12.4 Å². The number of nitrogens with zero attached hydrogens (tertiary/aromatic N) is 1. The SMILES string of the molecule is Cc1cccc(C(C)C)c1[N+]1=CC2(CCCCC2)CC1(C)C.[Cl-]. The molecule has 3 rings (SSSR count). The Morgan fingerprint density at radius 2 is 1.70 bits per heavy atom. The summed E-state index contributed by atoms with van der Waals surface area (Å²) in [5.41, 5.74) is 5.08. The molecule has 2 aliphatic rings. The lowest BCUT2D eigenvalue weighted by atomic mass is 9.71. The molecule has 1 saturated carbocycles. The molecule has 1 fully saturated rings. The van der Waals surface area contributed by atoms with Crippen molar-refractivity contribution in [2.24, 2.45) is 5.41 Å². The second-order valence-electron chi connectivity index (χ2n) is 8.58. The number of rotatable bonds is 2. The van der Waals surface area contributed by atoms with E-state index in [4.69, 9.17) is 0 Å². The zero-order chi connectivity index (χ0) is 16.0. The lowest BCUT2D eigenvalue weighted by Crippen LogP contribution is -3.00. The summed E-state index contributed by atoms with van der Waals surface area (Å²) in [6.45, 7) is 11.8. The van der Waals surface area contributed by atoms with Gasteiger partial charge in [0.25, 0.3) is 0 Å². The minimum atomic E-state index is 0. The van der Waals surface area contributed by atoms with Gasteiger partial charge in [0.15, 0.2) is 11.8 Å². The summed E-state index contributed by atoms with van der Waals surface area (Å²) in [5.74, 6) is 0.571. The van der Waals surface area contributed by atoms with E-state index in [0.29, 0.717) is 11.3 Å². The summed E-state index contributed by atoms with van der Waals surface area (Å²) in [5, 5.41) is 0. The number of benzene rings is 1. The minimum absolute atomic E-state index is 0. The highest BCUT2D eigenvalue weighted by Crippen LogP contribution is 2.49. The molecule has 1 aromatic rings. The van der Waals surface area contributed by atoms with Crippen LogP contribution in [-0.4, -0.2) is 16.3 Å². The molecule has 23 heavy (non-hydrogen) atoms. The molecular formula is C21H32ClN. The Hall–Kier alpha value is -0.820. The van der Waals surface area contributed by atoms with Crippen LogP contribution in [0.5, 0.6) is 0 Å². The van der Waals surface area contributed by atoms with Crippen molar-refractivity contribution >= 4 is 11.9 Å². The van der Waals surface area contributed by atoms with Crippen molar-refractivity contribution in [3.8, 4) is 0 Å². The smallest absolute Gasteiger partial charge is 0.211 e. The molecule has 1 aliphatic heterocycles. The number of hydrogen-bond acceptors (Lipinski definition) is 0. The number of para-hydroxylation sites is 1. The summed E-state index contributed by atoms with van der Waals surface area (Å²) in [6, 6.07) is 6.81. The maximum atomic E-state index is 2.64. The summed E-state index contributed by atoms with van der Waals surface area (Å²) < 4.78 is 2.64. The molecule has 0 aromatic heterocycles. The first-order valence-corrected chi connectivity index (χ1v) is 9.10. The fraction of sp³-hybridized carbons (Fsp3) is 0.667. The van der Waals surface area contributed by atoms with Gasteiger partial charge in [0.1, 0.15) is 0 Å². The minimum Gasteiger partial charge on any atom is -1.00 e. The van der Waals surface area contributed by atoms with E-state index in [-0.39, 0.29) is 17.9 Å². The topological polar surface area (TPSA) is 3.01 Å². The van der Waals surface area contributed by atoms with E-state index >= 15 is 0 Å². The quantitative estimate of drug-likeness (QED) is 0.732. The van der Waals surface area contributed by atoms with Crippen molar-refractivity contribution in [1.82, 2.24) is 0 Å². The van der Waals surface area contributed by atoms with Gasteiger partial charge in [-0.25, -0.2) is 0 Å². The molecule has 1 nitrogen and oxygen atoms in total. The van der Waals surface area contributed by atoms with Crippen molar-refractivity contribution in [2.75, 3.05) is 0 Å². The Balaban J connectivity index is 0.00000192. The predicted molar refractivity (Wildman–Crippen MR) is 95.5 cm³/mol. The molecule has 0 atom stereocenters. The normalized spacial score (nSPS) is 22.1. The Morgan fingerprint density at radius 1 is 1.04 bits per heavy atom. The third-order valence-electron chi connectivity index (χ3n) is 5.82. The van der Waals surface area contributed by atoms with Crippen molar-refractivity contribution < 1.29 is 17.0 Å². The van der Waals surface area contributed by atoms with Crippen molar-refractivity contribution in [3.05, 3.63) is 29.3 Å². The Bertz CT molecular complexity index is 592. The van der Waals surface area contributed by atoms with E-state index < -0.39 is 0 Å². The van der Waals surface area contributed by atoms with Crippen molar-refractivity contribution in [3.63, 3.8) is 0 Å². The Kier molecular flexibility index (Phi) is 5.31. The maximum absolute atomic E-state index is 2.64. The average Bonchev–Trinajstić information content (AvgIpc) is 2.69. The van der Waals surface area contributed by atoms with E-state index in [1.807, 2.05) is 0 Å². The van der Waals surface area contributed by atoms with Crippen molar-refractivity contribution in [1.29, 1.82) is 0 Å².